The van der Waals surface area contributed by atoms with Crippen LogP contribution in [0.2, 0.25) is 0 Å². The monoisotopic (exact) mass is 302 g/mol. The summed E-state index contributed by atoms with van der Waals surface area (Å²) in [7, 11) is 0. The average Bonchev–Trinajstić information content (AvgIpc) is 2.58. The minimum atomic E-state index is 0.0204. The second kappa shape index (κ2) is 6.36. The Morgan fingerprint density at radius 3 is 2.17 bits per heavy atom. The van der Waals surface area contributed by atoms with E-state index in [2.05, 4.69) is 5.32 Å². The number of rotatable bonds is 4. The molecule has 3 aromatic rings. The lowest BCUT2D eigenvalue weighted by atomic mass is 10.0. The first kappa shape index (κ1) is 14.9. The summed E-state index contributed by atoms with van der Waals surface area (Å²) in [4.78, 5) is 12.4. The minimum absolute atomic E-state index is 0.0204. The Labute approximate surface area is 135 Å². The standard InChI is InChI=1S/C20H18N2O/c1-14-7-12-19(18(21)13-14)22-17-10-8-16(9-11-17)20(23)15-5-3-2-4-6-15/h2-13,22H,21H2,1H3. The Balaban J connectivity index is 1.78. The Bertz CT molecular complexity index is 824. The molecule has 3 aromatic carbocycles. The molecule has 0 amide bonds. The van der Waals surface area contributed by atoms with Gasteiger partial charge in [-0.3, -0.25) is 4.79 Å². The van der Waals surface area contributed by atoms with E-state index in [0.29, 0.717) is 16.8 Å². The van der Waals surface area contributed by atoms with Gasteiger partial charge < -0.3 is 11.1 Å². The Hall–Kier alpha value is -3.07. The molecular formula is C20H18N2O. The van der Waals surface area contributed by atoms with E-state index in [-0.39, 0.29) is 5.78 Å². The highest BCUT2D eigenvalue weighted by Gasteiger charge is 2.08. The first-order valence-electron chi connectivity index (χ1n) is 7.46. The van der Waals surface area contributed by atoms with Gasteiger partial charge in [-0.2, -0.15) is 0 Å². The van der Waals surface area contributed by atoms with Gasteiger partial charge in [0.25, 0.3) is 0 Å². The molecular weight excluding hydrogens is 284 g/mol. The lowest BCUT2D eigenvalue weighted by molar-refractivity contribution is 0.103. The fourth-order valence-corrected chi connectivity index (χ4v) is 2.41. The van der Waals surface area contributed by atoms with Gasteiger partial charge in [-0.15, -0.1) is 0 Å². The van der Waals surface area contributed by atoms with E-state index in [0.717, 1.165) is 16.9 Å². The number of aryl methyl sites for hydroxylation is 1. The van der Waals surface area contributed by atoms with E-state index >= 15 is 0 Å². The quantitative estimate of drug-likeness (QED) is 0.549. The van der Waals surface area contributed by atoms with E-state index in [1.54, 1.807) is 0 Å². The van der Waals surface area contributed by atoms with Crippen molar-refractivity contribution in [3.05, 3.63) is 89.5 Å². The van der Waals surface area contributed by atoms with E-state index < -0.39 is 0 Å². The minimum Gasteiger partial charge on any atom is -0.397 e. The van der Waals surface area contributed by atoms with Gasteiger partial charge in [0.2, 0.25) is 0 Å². The van der Waals surface area contributed by atoms with Gasteiger partial charge in [0.1, 0.15) is 0 Å². The molecule has 0 radical (unpaired) electrons. The summed E-state index contributed by atoms with van der Waals surface area (Å²) in [6, 6.07) is 22.6. The zero-order valence-electron chi connectivity index (χ0n) is 12.9. The highest BCUT2D eigenvalue weighted by molar-refractivity contribution is 6.09. The van der Waals surface area contributed by atoms with Gasteiger partial charge in [-0.25, -0.2) is 0 Å². The predicted octanol–water partition coefficient (Wildman–Crippen LogP) is 4.55. The maximum absolute atomic E-state index is 12.4. The average molecular weight is 302 g/mol. The summed E-state index contributed by atoms with van der Waals surface area (Å²) in [5, 5.41) is 3.27. The van der Waals surface area contributed by atoms with Crippen molar-refractivity contribution in [2.45, 2.75) is 6.92 Å². The molecule has 3 rings (SSSR count). The van der Waals surface area contributed by atoms with Gasteiger partial charge >= 0.3 is 0 Å². The molecule has 0 bridgehead atoms. The molecule has 0 unspecified atom stereocenters. The van der Waals surface area contributed by atoms with Crippen molar-refractivity contribution in [1.82, 2.24) is 0 Å². The van der Waals surface area contributed by atoms with E-state index in [4.69, 9.17) is 5.73 Å². The molecule has 0 aliphatic rings. The first-order valence-corrected chi connectivity index (χ1v) is 7.46. The van der Waals surface area contributed by atoms with Crippen LogP contribution in [-0.4, -0.2) is 5.78 Å². The summed E-state index contributed by atoms with van der Waals surface area (Å²) in [6.07, 6.45) is 0. The summed E-state index contributed by atoms with van der Waals surface area (Å²) in [5.74, 6) is 0.0204. The second-order valence-corrected chi connectivity index (χ2v) is 5.49. The number of nitrogens with two attached hydrogens (primary N) is 1. The topological polar surface area (TPSA) is 55.1 Å². The van der Waals surface area contributed by atoms with Gasteiger partial charge in [0.05, 0.1) is 11.4 Å². The fraction of sp³-hybridized carbons (Fsp3) is 0.0500. The van der Waals surface area contributed by atoms with Gasteiger partial charge in [0.15, 0.2) is 5.78 Å². The van der Waals surface area contributed by atoms with Crippen LogP contribution >= 0.6 is 0 Å². The number of hydrogen-bond donors (Lipinski definition) is 2. The number of nitrogens with one attached hydrogen (secondary N) is 1. The van der Waals surface area contributed by atoms with Crippen molar-refractivity contribution in [2.24, 2.45) is 0 Å². The zero-order chi connectivity index (χ0) is 16.2. The third kappa shape index (κ3) is 3.40. The van der Waals surface area contributed by atoms with Crippen LogP contribution in [0.3, 0.4) is 0 Å². The smallest absolute Gasteiger partial charge is 0.193 e. The molecule has 3 nitrogen and oxygen atoms in total. The molecule has 3 N–H and O–H groups in total. The van der Waals surface area contributed by atoms with E-state index in [1.165, 1.54) is 0 Å². The summed E-state index contributed by atoms with van der Waals surface area (Å²) < 4.78 is 0. The summed E-state index contributed by atoms with van der Waals surface area (Å²) >= 11 is 0. The lowest BCUT2D eigenvalue weighted by Gasteiger charge is -2.10. The van der Waals surface area contributed by atoms with Crippen LogP contribution in [0.15, 0.2) is 72.8 Å². The van der Waals surface area contributed by atoms with Crippen molar-refractivity contribution < 1.29 is 4.79 Å². The fourth-order valence-electron chi connectivity index (χ4n) is 2.41. The number of hydrogen-bond acceptors (Lipinski definition) is 3. The number of carbonyl (C=O) groups is 1. The molecule has 0 spiro atoms. The molecule has 0 aliphatic heterocycles. The van der Waals surface area contributed by atoms with Crippen LogP contribution in [0.5, 0.6) is 0 Å². The molecule has 114 valence electrons. The number of anilines is 3. The third-order valence-electron chi connectivity index (χ3n) is 3.67. The van der Waals surface area contributed by atoms with E-state index in [1.807, 2.05) is 79.7 Å². The van der Waals surface area contributed by atoms with Crippen molar-refractivity contribution in [2.75, 3.05) is 11.1 Å². The van der Waals surface area contributed by atoms with Gasteiger partial charge in [-0.1, -0.05) is 36.4 Å². The molecule has 0 fully saturated rings. The van der Waals surface area contributed by atoms with Crippen molar-refractivity contribution in [1.29, 1.82) is 0 Å². The Morgan fingerprint density at radius 1 is 0.870 bits per heavy atom. The van der Waals surface area contributed by atoms with Crippen molar-refractivity contribution in [3.8, 4) is 0 Å². The highest BCUT2D eigenvalue weighted by Crippen LogP contribution is 2.24. The Morgan fingerprint density at radius 2 is 1.52 bits per heavy atom. The first-order chi connectivity index (χ1) is 11.1. The Kier molecular flexibility index (Phi) is 4.11. The number of ketones is 1. The van der Waals surface area contributed by atoms with Crippen LogP contribution in [0.4, 0.5) is 17.1 Å². The SMILES string of the molecule is Cc1ccc(Nc2ccc(C(=O)c3ccccc3)cc2)c(N)c1. The predicted molar refractivity (Wildman–Crippen MR) is 95.2 cm³/mol. The van der Waals surface area contributed by atoms with Crippen molar-refractivity contribution >= 4 is 22.8 Å². The molecule has 0 aromatic heterocycles. The van der Waals surface area contributed by atoms with E-state index in [9.17, 15) is 4.79 Å². The van der Waals surface area contributed by atoms with Crippen LogP contribution in [0.25, 0.3) is 0 Å². The largest absolute Gasteiger partial charge is 0.397 e. The second-order valence-electron chi connectivity index (χ2n) is 5.49. The van der Waals surface area contributed by atoms with Crippen LogP contribution in [0.1, 0.15) is 21.5 Å². The van der Waals surface area contributed by atoms with Crippen molar-refractivity contribution in [3.63, 3.8) is 0 Å². The van der Waals surface area contributed by atoms with Crippen LogP contribution < -0.4 is 11.1 Å². The molecule has 0 aliphatic carbocycles. The maximum Gasteiger partial charge on any atom is 0.193 e. The molecule has 0 saturated heterocycles. The number of benzene rings is 3. The molecule has 0 atom stereocenters. The number of carbonyl (C=O) groups excluding carboxylic acids is 1. The van der Waals surface area contributed by atoms with Crippen LogP contribution in [0, 0.1) is 6.92 Å². The zero-order valence-corrected chi connectivity index (χ0v) is 12.9. The van der Waals surface area contributed by atoms with Gasteiger partial charge in [0, 0.05) is 16.8 Å². The molecule has 0 saturated carbocycles. The molecule has 0 heterocycles. The highest BCUT2D eigenvalue weighted by atomic mass is 16.1. The lowest BCUT2D eigenvalue weighted by Crippen LogP contribution is -2.01. The maximum atomic E-state index is 12.4. The summed E-state index contributed by atoms with van der Waals surface area (Å²) in [5.41, 5.74) is 10.9. The molecule has 23 heavy (non-hydrogen) atoms. The summed E-state index contributed by atoms with van der Waals surface area (Å²) in [6.45, 7) is 2.00. The van der Waals surface area contributed by atoms with Crippen LogP contribution in [-0.2, 0) is 0 Å². The third-order valence-corrected chi connectivity index (χ3v) is 3.67. The normalized spacial score (nSPS) is 10.3. The van der Waals surface area contributed by atoms with Gasteiger partial charge in [-0.05, 0) is 48.9 Å². The number of nitrogen functional groups attached to an aromatic ring is 1. The molecule has 3 heteroatoms.